The highest BCUT2D eigenvalue weighted by atomic mass is 32.2. The second-order valence-corrected chi connectivity index (χ2v) is 5.16. The molecule has 3 N–H and O–H groups in total. The van der Waals surface area contributed by atoms with Gasteiger partial charge in [0, 0.05) is 5.56 Å². The van der Waals surface area contributed by atoms with Crippen molar-refractivity contribution in [2.24, 2.45) is 0 Å². The van der Waals surface area contributed by atoms with Gasteiger partial charge in [-0.1, -0.05) is 11.8 Å². The Hall–Kier alpha value is -2.61. The quantitative estimate of drug-likeness (QED) is 0.291. The van der Waals surface area contributed by atoms with Gasteiger partial charge < -0.3 is 15.2 Å². The average Bonchev–Trinajstić information content (AvgIpc) is 2.96. The first-order valence-corrected chi connectivity index (χ1v) is 6.96. The Balaban J connectivity index is 1.76. The number of aromatic hydroxyl groups is 2. The zero-order valence-corrected chi connectivity index (χ0v) is 11.5. The van der Waals surface area contributed by atoms with E-state index in [9.17, 15) is 15.0 Å². The van der Waals surface area contributed by atoms with Gasteiger partial charge in [-0.05, 0) is 18.2 Å². The largest absolute Gasteiger partial charge is 0.504 e. The molecule has 0 amide bonds. The summed E-state index contributed by atoms with van der Waals surface area (Å²) in [5.41, 5.74) is 1.55. The molecule has 0 aliphatic heterocycles. The number of benzene rings is 1. The highest BCUT2D eigenvalue weighted by molar-refractivity contribution is 8.00. The third-order valence-electron chi connectivity index (χ3n) is 2.83. The van der Waals surface area contributed by atoms with Crippen LogP contribution in [0.2, 0.25) is 0 Å². The number of aromatic nitrogens is 4. The van der Waals surface area contributed by atoms with Crippen LogP contribution in [0, 0.1) is 0 Å². The van der Waals surface area contributed by atoms with E-state index in [2.05, 4.69) is 19.9 Å². The smallest absolute Gasteiger partial charge is 0.181 e. The van der Waals surface area contributed by atoms with Crippen LogP contribution >= 0.6 is 11.8 Å². The molecule has 0 unspecified atom stereocenters. The number of phenols is 2. The molecule has 7 nitrogen and oxygen atoms in total. The van der Waals surface area contributed by atoms with Crippen LogP contribution in [-0.2, 0) is 0 Å². The molecule has 8 heteroatoms. The van der Waals surface area contributed by atoms with E-state index in [1.165, 1.54) is 42.6 Å². The van der Waals surface area contributed by atoms with E-state index >= 15 is 0 Å². The molecule has 0 saturated carbocycles. The maximum atomic E-state index is 12.1. The number of hydrogen-bond donors (Lipinski definition) is 3. The number of nitrogens with one attached hydrogen (secondary N) is 1. The fraction of sp³-hybridized carbons (Fsp3) is 0.0769. The first kappa shape index (κ1) is 13.4. The Labute approximate surface area is 123 Å². The number of aromatic amines is 1. The standard InChI is InChI=1S/C13H10N4O3S/c18-8-2-1-7(3-9(8)19)10(20)4-21-13-11-12(15-5-14-11)16-6-17-13/h1-3,5-6,18-19H,4H2,(H,14,15,16,17). The predicted octanol–water partition coefficient (Wildman–Crippen LogP) is 1.74. The van der Waals surface area contributed by atoms with Crippen molar-refractivity contribution in [1.29, 1.82) is 0 Å². The summed E-state index contributed by atoms with van der Waals surface area (Å²) in [7, 11) is 0. The lowest BCUT2D eigenvalue weighted by molar-refractivity contribution is 0.102. The molecule has 0 aliphatic carbocycles. The Bertz CT molecular complexity index is 818. The molecule has 0 radical (unpaired) electrons. The van der Waals surface area contributed by atoms with Crippen molar-refractivity contribution in [3.05, 3.63) is 36.4 Å². The lowest BCUT2D eigenvalue weighted by Crippen LogP contribution is -2.02. The van der Waals surface area contributed by atoms with Crippen molar-refractivity contribution in [3.63, 3.8) is 0 Å². The van der Waals surface area contributed by atoms with Crippen molar-refractivity contribution in [1.82, 2.24) is 19.9 Å². The number of thioether (sulfide) groups is 1. The summed E-state index contributed by atoms with van der Waals surface area (Å²) >= 11 is 1.25. The molecule has 0 atom stereocenters. The van der Waals surface area contributed by atoms with Crippen LogP contribution in [-0.4, -0.2) is 41.7 Å². The summed E-state index contributed by atoms with van der Waals surface area (Å²) in [5.74, 6) is -0.602. The molecule has 0 bridgehead atoms. The molecule has 0 saturated heterocycles. The number of nitrogens with zero attached hydrogens (tertiary/aromatic N) is 3. The number of carbonyl (C=O) groups excluding carboxylic acids is 1. The summed E-state index contributed by atoms with van der Waals surface area (Å²) < 4.78 is 0. The molecule has 0 spiro atoms. The summed E-state index contributed by atoms with van der Waals surface area (Å²) in [6, 6.07) is 3.98. The van der Waals surface area contributed by atoms with Gasteiger partial charge in [-0.15, -0.1) is 0 Å². The van der Waals surface area contributed by atoms with Gasteiger partial charge in [-0.3, -0.25) is 4.79 Å². The first-order valence-electron chi connectivity index (χ1n) is 5.97. The number of imidazole rings is 1. The first-order chi connectivity index (χ1) is 10.1. The van der Waals surface area contributed by atoms with Gasteiger partial charge in [0.2, 0.25) is 0 Å². The lowest BCUT2D eigenvalue weighted by Gasteiger charge is -2.03. The zero-order chi connectivity index (χ0) is 14.8. The monoisotopic (exact) mass is 302 g/mol. The van der Waals surface area contributed by atoms with Crippen LogP contribution in [0.15, 0.2) is 35.9 Å². The summed E-state index contributed by atoms with van der Waals surface area (Å²) in [6.07, 6.45) is 2.91. The highest BCUT2D eigenvalue weighted by Gasteiger charge is 2.12. The summed E-state index contributed by atoms with van der Waals surface area (Å²) in [4.78, 5) is 27.1. The van der Waals surface area contributed by atoms with Gasteiger partial charge in [-0.25, -0.2) is 15.0 Å². The normalized spacial score (nSPS) is 10.9. The van der Waals surface area contributed by atoms with Crippen molar-refractivity contribution in [2.75, 3.05) is 5.75 Å². The zero-order valence-electron chi connectivity index (χ0n) is 10.6. The van der Waals surface area contributed by atoms with Crippen molar-refractivity contribution in [3.8, 4) is 11.5 Å². The topological polar surface area (TPSA) is 112 Å². The minimum absolute atomic E-state index is 0.148. The minimum atomic E-state index is -0.316. The van der Waals surface area contributed by atoms with E-state index < -0.39 is 0 Å². The van der Waals surface area contributed by atoms with E-state index in [1.54, 1.807) is 0 Å². The number of carbonyl (C=O) groups is 1. The van der Waals surface area contributed by atoms with Gasteiger partial charge in [0.15, 0.2) is 22.9 Å². The van der Waals surface area contributed by atoms with E-state index in [1.807, 2.05) is 0 Å². The second-order valence-electron chi connectivity index (χ2n) is 4.20. The van der Waals surface area contributed by atoms with Crippen LogP contribution in [0.25, 0.3) is 11.2 Å². The number of H-pyrrole nitrogens is 1. The number of ketones is 1. The number of Topliss-reactive ketones (excluding diaryl/α,β-unsaturated/α-hetero) is 1. The predicted molar refractivity (Wildman–Crippen MR) is 76.5 cm³/mol. The number of fused-ring (bicyclic) bond motifs is 1. The van der Waals surface area contributed by atoms with Gasteiger partial charge >= 0.3 is 0 Å². The maximum absolute atomic E-state index is 12.1. The SMILES string of the molecule is O=C(CSc1ncnc2nc[nH]c12)c1ccc(O)c(O)c1. The molecular formula is C13H10N4O3S. The molecule has 1 aromatic carbocycles. The third-order valence-corrected chi connectivity index (χ3v) is 3.82. The molecule has 21 heavy (non-hydrogen) atoms. The van der Waals surface area contributed by atoms with Gasteiger partial charge in [-0.2, -0.15) is 0 Å². The molecule has 106 valence electrons. The Morgan fingerprint density at radius 1 is 1.19 bits per heavy atom. The maximum Gasteiger partial charge on any atom is 0.181 e. The molecule has 2 heterocycles. The Morgan fingerprint density at radius 2 is 2.05 bits per heavy atom. The van der Waals surface area contributed by atoms with Crippen LogP contribution in [0.4, 0.5) is 0 Å². The fourth-order valence-corrected chi connectivity index (χ4v) is 2.62. The molecule has 3 aromatic rings. The Morgan fingerprint density at radius 3 is 2.86 bits per heavy atom. The summed E-state index contributed by atoms with van der Waals surface area (Å²) in [5, 5.41) is 19.3. The van der Waals surface area contributed by atoms with Crippen LogP contribution in [0.5, 0.6) is 11.5 Å². The lowest BCUT2D eigenvalue weighted by atomic mass is 10.1. The van der Waals surface area contributed by atoms with E-state index in [4.69, 9.17) is 0 Å². The van der Waals surface area contributed by atoms with Crippen molar-refractivity contribution >= 4 is 28.7 Å². The van der Waals surface area contributed by atoms with Crippen molar-refractivity contribution < 1.29 is 15.0 Å². The average molecular weight is 302 g/mol. The van der Waals surface area contributed by atoms with Crippen LogP contribution < -0.4 is 0 Å². The second kappa shape index (κ2) is 5.41. The van der Waals surface area contributed by atoms with Gasteiger partial charge in [0.05, 0.1) is 12.1 Å². The molecule has 0 fully saturated rings. The van der Waals surface area contributed by atoms with E-state index in [-0.39, 0.29) is 23.0 Å². The molecule has 3 rings (SSSR count). The molecule has 2 aromatic heterocycles. The van der Waals surface area contributed by atoms with Crippen LogP contribution in [0.3, 0.4) is 0 Å². The number of phenolic OH excluding ortho intramolecular Hbond substituents is 2. The third kappa shape index (κ3) is 2.65. The molecular weight excluding hydrogens is 292 g/mol. The fourth-order valence-electron chi connectivity index (χ4n) is 1.77. The van der Waals surface area contributed by atoms with Crippen LogP contribution in [0.1, 0.15) is 10.4 Å². The van der Waals surface area contributed by atoms with Crippen molar-refractivity contribution in [2.45, 2.75) is 5.03 Å². The van der Waals surface area contributed by atoms with Gasteiger partial charge in [0.1, 0.15) is 16.9 Å². The minimum Gasteiger partial charge on any atom is -0.504 e. The highest BCUT2D eigenvalue weighted by Crippen LogP contribution is 2.27. The molecule has 0 aliphatic rings. The van der Waals surface area contributed by atoms with E-state index in [0.717, 1.165) is 0 Å². The summed E-state index contributed by atoms with van der Waals surface area (Å²) in [6.45, 7) is 0. The number of hydrogen-bond acceptors (Lipinski definition) is 7. The number of rotatable bonds is 4. The van der Waals surface area contributed by atoms with E-state index in [0.29, 0.717) is 21.8 Å². The van der Waals surface area contributed by atoms with Gasteiger partial charge in [0.25, 0.3) is 0 Å². The Kier molecular flexibility index (Phi) is 3.44.